The third-order valence-electron chi connectivity index (χ3n) is 15.4. The summed E-state index contributed by atoms with van der Waals surface area (Å²) in [6, 6.07) is 0. The summed E-state index contributed by atoms with van der Waals surface area (Å²) in [5, 5.41) is 0. The summed E-state index contributed by atoms with van der Waals surface area (Å²) in [4.78, 5) is 38.3. The quantitative estimate of drug-likeness (QED) is 0.0261. The molecule has 0 saturated heterocycles. The van der Waals surface area contributed by atoms with Crippen molar-refractivity contribution in [1.82, 2.24) is 0 Å². The van der Waals surface area contributed by atoms with Crippen LogP contribution in [0.3, 0.4) is 0 Å². The van der Waals surface area contributed by atoms with E-state index >= 15 is 0 Å². The van der Waals surface area contributed by atoms with Gasteiger partial charge < -0.3 is 14.2 Å². The summed E-state index contributed by atoms with van der Waals surface area (Å²) >= 11 is 0. The molecule has 0 radical (unpaired) electrons. The normalized spacial score (nSPS) is 12.6. The lowest BCUT2D eigenvalue weighted by Crippen LogP contribution is -2.30. The molecule has 0 heterocycles. The van der Waals surface area contributed by atoms with E-state index < -0.39 is 6.10 Å². The highest BCUT2D eigenvalue weighted by atomic mass is 16.6. The molecule has 0 aliphatic carbocycles. The Balaban J connectivity index is 4.16. The van der Waals surface area contributed by atoms with Gasteiger partial charge in [0, 0.05) is 19.3 Å². The Morgan fingerprint density at radius 2 is 0.481 bits per heavy atom. The first kappa shape index (κ1) is 77.6. The fourth-order valence-corrected chi connectivity index (χ4v) is 10.2. The van der Waals surface area contributed by atoms with Crippen molar-refractivity contribution in [2.45, 2.75) is 361 Å². The molecule has 1 atom stereocenters. The zero-order valence-electron chi connectivity index (χ0n) is 53.8. The fraction of sp³-hybridized carbons (Fsp3) is 0.773. The molecule has 1 unspecified atom stereocenters. The van der Waals surface area contributed by atoms with Crippen LogP contribution in [0.1, 0.15) is 355 Å². The van der Waals surface area contributed by atoms with Crippen molar-refractivity contribution >= 4 is 17.9 Å². The second kappa shape index (κ2) is 69.1. The summed E-state index contributed by atoms with van der Waals surface area (Å²) in [5.41, 5.74) is 0. The van der Waals surface area contributed by atoms with Gasteiger partial charge in [-0.05, 0) is 96.3 Å². The van der Waals surface area contributed by atoms with Gasteiger partial charge in [0.15, 0.2) is 6.10 Å². The van der Waals surface area contributed by atoms with Gasteiger partial charge in [-0.25, -0.2) is 0 Å². The molecule has 0 aromatic heterocycles. The Labute approximate surface area is 503 Å². The van der Waals surface area contributed by atoms with E-state index in [-0.39, 0.29) is 31.1 Å². The number of unbranched alkanes of at least 4 members (excludes halogenated alkanes) is 39. The zero-order chi connectivity index (χ0) is 58.5. The largest absolute Gasteiger partial charge is 0.462 e. The van der Waals surface area contributed by atoms with Crippen molar-refractivity contribution in [3.63, 3.8) is 0 Å². The van der Waals surface area contributed by atoms with E-state index in [9.17, 15) is 14.4 Å². The standard InChI is InChI=1S/C75H132O6/c1-4-7-10-13-16-19-21-23-25-27-29-31-33-35-36-37-38-40-41-43-45-47-49-51-53-56-59-62-65-68-74(77)80-71-72(70-79-73(76)67-64-61-58-55-18-15-12-9-6-3)81-75(78)69-66-63-60-57-54-52-50-48-46-44-42-39-34-32-30-28-26-24-22-20-17-14-11-8-5-2/h7,10,16,19,23,25,28-31,35-36,38,40,72H,4-6,8-9,11-15,17-18,20-22,24,26-27,32-34,37,39,41-71H2,1-3H3/b10-7-,19-16-,25-23-,30-28-,31-29-,36-35-,40-38-. The molecule has 468 valence electrons. The van der Waals surface area contributed by atoms with Crippen LogP contribution >= 0.6 is 0 Å². The van der Waals surface area contributed by atoms with Crippen LogP contribution in [0.2, 0.25) is 0 Å². The fourth-order valence-electron chi connectivity index (χ4n) is 10.2. The van der Waals surface area contributed by atoms with E-state index in [1.165, 1.54) is 218 Å². The van der Waals surface area contributed by atoms with Gasteiger partial charge in [-0.2, -0.15) is 0 Å². The smallest absolute Gasteiger partial charge is 0.306 e. The SMILES string of the molecule is CC/C=C\C/C=C\C/C=C\C/C=C\C/C=C\C/C=C\CCCCCCCCCCCCC(=O)OCC(COC(=O)CCCCCCCCCCC)OC(=O)CCCCCCCCCCCCCCC/C=C\CCCCCCCCCC. The number of hydrogen-bond acceptors (Lipinski definition) is 6. The first-order chi connectivity index (χ1) is 40.0. The Hall–Kier alpha value is -3.41. The summed E-state index contributed by atoms with van der Waals surface area (Å²) in [7, 11) is 0. The molecular weight excluding hydrogens is 997 g/mol. The number of ether oxygens (including phenoxy) is 3. The molecule has 0 spiro atoms. The second-order valence-electron chi connectivity index (χ2n) is 23.4. The highest BCUT2D eigenvalue weighted by Gasteiger charge is 2.19. The van der Waals surface area contributed by atoms with Crippen molar-refractivity contribution in [3.05, 3.63) is 85.1 Å². The van der Waals surface area contributed by atoms with E-state index in [2.05, 4.69) is 106 Å². The van der Waals surface area contributed by atoms with E-state index in [1.54, 1.807) is 0 Å². The van der Waals surface area contributed by atoms with Gasteiger partial charge in [0.2, 0.25) is 0 Å². The third-order valence-corrected chi connectivity index (χ3v) is 15.4. The lowest BCUT2D eigenvalue weighted by Gasteiger charge is -2.18. The van der Waals surface area contributed by atoms with Gasteiger partial charge >= 0.3 is 17.9 Å². The monoisotopic (exact) mass is 1130 g/mol. The van der Waals surface area contributed by atoms with Crippen LogP contribution in [-0.4, -0.2) is 37.2 Å². The molecule has 6 nitrogen and oxygen atoms in total. The van der Waals surface area contributed by atoms with Crippen molar-refractivity contribution in [2.75, 3.05) is 13.2 Å². The van der Waals surface area contributed by atoms with Gasteiger partial charge in [0.05, 0.1) is 0 Å². The highest BCUT2D eigenvalue weighted by Crippen LogP contribution is 2.17. The predicted octanol–water partition coefficient (Wildman–Crippen LogP) is 24.2. The van der Waals surface area contributed by atoms with Gasteiger partial charge in [-0.3, -0.25) is 14.4 Å². The summed E-state index contributed by atoms with van der Waals surface area (Å²) in [6.45, 7) is 6.55. The molecule has 0 aliphatic rings. The number of esters is 3. The Kier molecular flexibility index (Phi) is 66.2. The topological polar surface area (TPSA) is 78.9 Å². The maximum atomic E-state index is 12.9. The number of allylic oxidation sites excluding steroid dienone is 14. The average Bonchev–Trinajstić information content (AvgIpc) is 3.47. The van der Waals surface area contributed by atoms with Crippen LogP contribution in [-0.2, 0) is 28.6 Å². The van der Waals surface area contributed by atoms with Gasteiger partial charge in [0.25, 0.3) is 0 Å². The summed E-state index contributed by atoms with van der Waals surface area (Å²) in [5.74, 6) is -0.864. The van der Waals surface area contributed by atoms with Gasteiger partial charge in [-0.15, -0.1) is 0 Å². The van der Waals surface area contributed by atoms with E-state index in [1.807, 2.05) is 0 Å². The Morgan fingerprint density at radius 1 is 0.259 bits per heavy atom. The molecule has 6 heteroatoms. The van der Waals surface area contributed by atoms with Crippen LogP contribution in [0, 0.1) is 0 Å². The maximum Gasteiger partial charge on any atom is 0.306 e. The van der Waals surface area contributed by atoms with Crippen LogP contribution in [0.4, 0.5) is 0 Å². The lowest BCUT2D eigenvalue weighted by molar-refractivity contribution is -0.167. The lowest BCUT2D eigenvalue weighted by atomic mass is 10.0. The molecule has 0 N–H and O–H groups in total. The first-order valence-corrected chi connectivity index (χ1v) is 35.1. The molecule has 0 bridgehead atoms. The molecule has 0 fully saturated rings. The molecule has 0 aromatic rings. The molecule has 0 amide bonds. The van der Waals surface area contributed by atoms with Crippen molar-refractivity contribution in [1.29, 1.82) is 0 Å². The predicted molar refractivity (Wildman–Crippen MR) is 353 cm³/mol. The average molecular weight is 1130 g/mol. The number of carbonyl (C=O) groups is 3. The van der Waals surface area contributed by atoms with Crippen LogP contribution in [0.5, 0.6) is 0 Å². The summed E-state index contributed by atoms with van der Waals surface area (Å²) < 4.78 is 16.9. The van der Waals surface area contributed by atoms with Gasteiger partial charge in [0.1, 0.15) is 13.2 Å². The van der Waals surface area contributed by atoms with Crippen molar-refractivity contribution in [2.24, 2.45) is 0 Å². The zero-order valence-corrected chi connectivity index (χ0v) is 53.8. The second-order valence-corrected chi connectivity index (χ2v) is 23.4. The van der Waals surface area contributed by atoms with Crippen LogP contribution in [0.15, 0.2) is 85.1 Å². The van der Waals surface area contributed by atoms with Gasteiger partial charge in [-0.1, -0.05) is 324 Å². The minimum Gasteiger partial charge on any atom is -0.462 e. The number of hydrogen-bond donors (Lipinski definition) is 0. The molecule has 0 saturated carbocycles. The molecule has 81 heavy (non-hydrogen) atoms. The Bertz CT molecular complexity index is 1530. The molecule has 0 rings (SSSR count). The minimum atomic E-state index is -0.776. The van der Waals surface area contributed by atoms with Crippen molar-refractivity contribution < 1.29 is 28.6 Å². The van der Waals surface area contributed by atoms with E-state index in [4.69, 9.17) is 14.2 Å². The molecule has 0 aromatic carbocycles. The number of carbonyl (C=O) groups excluding carboxylic acids is 3. The summed E-state index contributed by atoms with van der Waals surface area (Å²) in [6.07, 6.45) is 91.9. The van der Waals surface area contributed by atoms with Crippen LogP contribution < -0.4 is 0 Å². The molecule has 0 aliphatic heterocycles. The first-order valence-electron chi connectivity index (χ1n) is 35.1. The number of rotatable bonds is 64. The highest BCUT2D eigenvalue weighted by molar-refractivity contribution is 5.71. The van der Waals surface area contributed by atoms with E-state index in [0.29, 0.717) is 19.3 Å². The van der Waals surface area contributed by atoms with Crippen LogP contribution in [0.25, 0.3) is 0 Å². The Morgan fingerprint density at radius 3 is 0.765 bits per heavy atom. The molecular formula is C75H132O6. The van der Waals surface area contributed by atoms with E-state index in [0.717, 1.165) is 96.3 Å². The van der Waals surface area contributed by atoms with Crippen molar-refractivity contribution in [3.8, 4) is 0 Å². The minimum absolute atomic E-state index is 0.0736. The maximum absolute atomic E-state index is 12.9. The third kappa shape index (κ3) is 67.3.